The fourth-order valence-corrected chi connectivity index (χ4v) is 6.29. The minimum absolute atomic E-state index is 0.251. The smallest absolute Gasteiger partial charge is 0.410 e. The van der Waals surface area contributed by atoms with E-state index in [1.807, 2.05) is 20.8 Å². The first-order chi connectivity index (χ1) is 17.3. The van der Waals surface area contributed by atoms with E-state index in [0.717, 1.165) is 49.5 Å². The molecule has 4 heterocycles. The lowest BCUT2D eigenvalue weighted by Gasteiger charge is -2.46. The number of carbonyl (C=O) groups excluding carboxylic acids is 1. The SMILES string of the molecule is CC(C)[C@H](NC1CCCN(c2ncnc3sc(CC(F)(F)F)cc23)CC1)C1CN(C(=O)OC(C)(C)C)C1. The molecular weight excluding hydrogens is 503 g/mol. The Morgan fingerprint density at radius 3 is 2.57 bits per heavy atom. The van der Waals surface area contributed by atoms with Crippen LogP contribution in [-0.4, -0.2) is 71.0 Å². The molecule has 2 atom stereocenters. The van der Waals surface area contributed by atoms with Crippen LogP contribution < -0.4 is 10.2 Å². The number of thiophene rings is 1. The van der Waals surface area contributed by atoms with Gasteiger partial charge in [0, 0.05) is 49.1 Å². The molecule has 2 aliphatic heterocycles. The lowest BCUT2D eigenvalue weighted by Crippen LogP contribution is -2.60. The van der Waals surface area contributed by atoms with Crippen molar-refractivity contribution in [3.05, 3.63) is 17.3 Å². The van der Waals surface area contributed by atoms with Crippen LogP contribution in [0.25, 0.3) is 10.2 Å². The van der Waals surface area contributed by atoms with Crippen molar-refractivity contribution >= 4 is 33.5 Å². The summed E-state index contributed by atoms with van der Waals surface area (Å²) in [6.45, 7) is 13.0. The Morgan fingerprint density at radius 1 is 1.19 bits per heavy atom. The van der Waals surface area contributed by atoms with Crippen molar-refractivity contribution in [1.29, 1.82) is 0 Å². The number of ether oxygens (including phenoxy) is 1. The second-order valence-corrected chi connectivity index (χ2v) is 12.7. The van der Waals surface area contributed by atoms with Crippen molar-refractivity contribution in [2.45, 2.75) is 84.2 Å². The monoisotopic (exact) mass is 541 g/mol. The molecule has 11 heteroatoms. The van der Waals surface area contributed by atoms with E-state index in [-0.39, 0.29) is 11.0 Å². The van der Waals surface area contributed by atoms with Gasteiger partial charge < -0.3 is 19.9 Å². The van der Waals surface area contributed by atoms with E-state index >= 15 is 0 Å². The Labute approximate surface area is 220 Å². The maximum Gasteiger partial charge on any atom is 0.410 e. The highest BCUT2D eigenvalue weighted by molar-refractivity contribution is 7.18. The zero-order valence-corrected chi connectivity index (χ0v) is 23.1. The van der Waals surface area contributed by atoms with Crippen LogP contribution in [0, 0.1) is 11.8 Å². The van der Waals surface area contributed by atoms with Gasteiger partial charge in [-0.05, 0) is 52.0 Å². The topological polar surface area (TPSA) is 70.6 Å². The molecule has 2 aliphatic rings. The first-order valence-corrected chi connectivity index (χ1v) is 13.9. The van der Waals surface area contributed by atoms with Crippen LogP contribution >= 0.6 is 11.3 Å². The zero-order valence-electron chi connectivity index (χ0n) is 22.3. The molecule has 4 rings (SSSR count). The summed E-state index contributed by atoms with van der Waals surface area (Å²) < 4.78 is 44.3. The molecule has 2 aromatic rings. The van der Waals surface area contributed by atoms with Gasteiger partial charge in [-0.3, -0.25) is 0 Å². The van der Waals surface area contributed by atoms with E-state index < -0.39 is 18.2 Å². The average Bonchev–Trinajstić information content (AvgIpc) is 2.98. The van der Waals surface area contributed by atoms with Gasteiger partial charge >= 0.3 is 12.3 Å². The maximum atomic E-state index is 12.9. The van der Waals surface area contributed by atoms with Crippen molar-refractivity contribution in [3.8, 4) is 0 Å². The Balaban J connectivity index is 1.36. The van der Waals surface area contributed by atoms with Crippen LogP contribution in [0.3, 0.4) is 0 Å². The van der Waals surface area contributed by atoms with Gasteiger partial charge in [0.15, 0.2) is 0 Å². The Kier molecular flexibility index (Phi) is 8.23. The number of likely N-dealkylation sites (tertiary alicyclic amines) is 1. The van der Waals surface area contributed by atoms with Gasteiger partial charge in [0.2, 0.25) is 0 Å². The summed E-state index contributed by atoms with van der Waals surface area (Å²) >= 11 is 1.09. The number of carbonyl (C=O) groups is 1. The first kappa shape index (κ1) is 27.9. The third-order valence-electron chi connectivity index (χ3n) is 6.98. The number of amides is 1. The Hall–Kier alpha value is -2.14. The zero-order chi connectivity index (χ0) is 27.0. The molecule has 0 aromatic carbocycles. The summed E-state index contributed by atoms with van der Waals surface area (Å²) in [4.78, 5) is 25.9. The van der Waals surface area contributed by atoms with E-state index in [9.17, 15) is 18.0 Å². The number of alkyl halides is 3. The molecule has 0 spiro atoms. The quantitative estimate of drug-likeness (QED) is 0.511. The van der Waals surface area contributed by atoms with E-state index in [1.54, 1.807) is 11.0 Å². The van der Waals surface area contributed by atoms with E-state index in [1.165, 1.54) is 6.33 Å². The van der Waals surface area contributed by atoms with E-state index in [2.05, 4.69) is 34.0 Å². The standard InChI is InChI=1S/C26H38F3N5O2S/c1-16(2)21(17-13-34(14-17)24(35)36-25(3,4)5)32-18-7-6-9-33(10-8-18)22-20-11-19(12-26(27,28)29)37-23(20)31-15-30-22/h11,15-18,21,32H,6-10,12-14H2,1-5H3/t18?,21-/m0/s1. The minimum Gasteiger partial charge on any atom is -0.444 e. The molecule has 2 saturated heterocycles. The van der Waals surface area contributed by atoms with Crippen molar-refractivity contribution in [2.75, 3.05) is 31.1 Å². The van der Waals surface area contributed by atoms with Gasteiger partial charge in [-0.25, -0.2) is 14.8 Å². The van der Waals surface area contributed by atoms with Crippen molar-refractivity contribution in [2.24, 2.45) is 11.8 Å². The molecule has 7 nitrogen and oxygen atoms in total. The predicted octanol–water partition coefficient (Wildman–Crippen LogP) is 5.64. The molecule has 2 fully saturated rings. The molecule has 206 valence electrons. The summed E-state index contributed by atoms with van der Waals surface area (Å²) in [7, 11) is 0. The summed E-state index contributed by atoms with van der Waals surface area (Å²) in [5, 5.41) is 4.59. The second kappa shape index (κ2) is 10.9. The van der Waals surface area contributed by atoms with Gasteiger partial charge in [-0.1, -0.05) is 13.8 Å². The molecule has 0 saturated carbocycles. The maximum absolute atomic E-state index is 12.9. The molecule has 0 aliphatic carbocycles. The number of fused-ring (bicyclic) bond motifs is 1. The minimum atomic E-state index is -4.24. The van der Waals surface area contributed by atoms with Crippen molar-refractivity contribution in [3.63, 3.8) is 0 Å². The van der Waals surface area contributed by atoms with Crippen LogP contribution in [-0.2, 0) is 11.2 Å². The molecule has 0 bridgehead atoms. The number of rotatable bonds is 6. The van der Waals surface area contributed by atoms with Crippen LogP contribution in [0.5, 0.6) is 0 Å². The number of aromatic nitrogens is 2. The van der Waals surface area contributed by atoms with Crippen LogP contribution in [0.15, 0.2) is 12.4 Å². The van der Waals surface area contributed by atoms with Gasteiger partial charge in [0.1, 0.15) is 22.6 Å². The molecule has 0 radical (unpaired) electrons. The molecule has 1 N–H and O–H groups in total. The predicted molar refractivity (Wildman–Crippen MR) is 140 cm³/mol. The fraction of sp³-hybridized carbons (Fsp3) is 0.731. The highest BCUT2D eigenvalue weighted by Gasteiger charge is 2.40. The summed E-state index contributed by atoms with van der Waals surface area (Å²) in [5.41, 5.74) is -0.498. The molecular formula is C26H38F3N5O2S. The van der Waals surface area contributed by atoms with E-state index in [0.29, 0.717) is 47.2 Å². The van der Waals surface area contributed by atoms with Crippen LogP contribution in [0.1, 0.15) is 58.8 Å². The molecule has 1 unspecified atom stereocenters. The summed E-state index contributed by atoms with van der Waals surface area (Å²) in [6.07, 6.45) is -1.10. The lowest BCUT2D eigenvalue weighted by molar-refractivity contribution is -0.126. The summed E-state index contributed by atoms with van der Waals surface area (Å²) in [5.74, 6) is 1.53. The fourth-order valence-electron chi connectivity index (χ4n) is 5.26. The highest BCUT2D eigenvalue weighted by Crippen LogP contribution is 2.34. The molecule has 2 aromatic heterocycles. The highest BCUT2D eigenvalue weighted by atomic mass is 32.1. The first-order valence-electron chi connectivity index (χ1n) is 13.1. The number of nitrogens with one attached hydrogen (secondary N) is 1. The van der Waals surface area contributed by atoms with Crippen LogP contribution in [0.4, 0.5) is 23.8 Å². The summed E-state index contributed by atoms with van der Waals surface area (Å²) in [6, 6.07) is 2.22. The van der Waals surface area contributed by atoms with Crippen molar-refractivity contribution < 1.29 is 22.7 Å². The van der Waals surface area contributed by atoms with E-state index in [4.69, 9.17) is 4.74 Å². The van der Waals surface area contributed by atoms with Gasteiger partial charge in [-0.15, -0.1) is 11.3 Å². The lowest BCUT2D eigenvalue weighted by atomic mass is 9.84. The number of anilines is 1. The largest absolute Gasteiger partial charge is 0.444 e. The van der Waals surface area contributed by atoms with Gasteiger partial charge in [0.25, 0.3) is 0 Å². The number of hydrogen-bond donors (Lipinski definition) is 1. The third-order valence-corrected chi connectivity index (χ3v) is 8.02. The van der Waals surface area contributed by atoms with Gasteiger partial charge in [-0.2, -0.15) is 13.2 Å². The number of halogens is 3. The Bertz CT molecular complexity index is 1080. The molecule has 1 amide bonds. The second-order valence-electron chi connectivity index (χ2n) is 11.6. The average molecular weight is 542 g/mol. The molecule has 37 heavy (non-hydrogen) atoms. The van der Waals surface area contributed by atoms with Gasteiger partial charge in [0.05, 0.1) is 11.8 Å². The van der Waals surface area contributed by atoms with Crippen LogP contribution in [0.2, 0.25) is 0 Å². The normalized spacial score (nSPS) is 20.7. The number of hydrogen-bond acceptors (Lipinski definition) is 7. The Morgan fingerprint density at radius 2 is 1.92 bits per heavy atom. The third kappa shape index (κ3) is 7.25. The van der Waals surface area contributed by atoms with Crippen molar-refractivity contribution in [1.82, 2.24) is 20.2 Å². The number of nitrogens with zero attached hydrogens (tertiary/aromatic N) is 4.